The quantitative estimate of drug-likeness (QED) is 0.490. The molecule has 0 unspecified atom stereocenters. The molecule has 0 heterocycles. The summed E-state index contributed by atoms with van der Waals surface area (Å²) in [6.07, 6.45) is 1.66. The number of rotatable bonds is 5. The highest BCUT2D eigenvalue weighted by Crippen LogP contribution is 2.16. The molecule has 4 heteroatoms. The normalized spacial score (nSPS) is 15.0. The summed E-state index contributed by atoms with van der Waals surface area (Å²) < 4.78 is 25.1. The summed E-state index contributed by atoms with van der Waals surface area (Å²) in [6.45, 7) is 5.47. The molecule has 0 aromatic carbocycles. The van der Waals surface area contributed by atoms with Gasteiger partial charge in [0.25, 0.3) is 6.43 Å². The Kier molecular flexibility index (Phi) is 7.22. The smallest absolute Gasteiger partial charge is 0.256 e. The first-order valence-corrected chi connectivity index (χ1v) is 5.28. The van der Waals surface area contributed by atoms with E-state index in [0.717, 1.165) is 0 Å². The number of halogens is 3. The molecule has 0 saturated heterocycles. The Bertz CT molecular complexity index is 280. The summed E-state index contributed by atoms with van der Waals surface area (Å²) in [6, 6.07) is 0. The van der Waals surface area contributed by atoms with Gasteiger partial charge >= 0.3 is 0 Å². The summed E-state index contributed by atoms with van der Waals surface area (Å²) in [5, 5.41) is 0.306. The third kappa shape index (κ3) is 6.39. The number of hydrogen-bond donors (Lipinski definition) is 0. The van der Waals surface area contributed by atoms with Crippen molar-refractivity contribution in [3.05, 3.63) is 22.9 Å². The zero-order chi connectivity index (χ0) is 11.8. The average molecular weight is 236 g/mol. The van der Waals surface area contributed by atoms with Crippen LogP contribution >= 0.6 is 11.6 Å². The molecular formula is C11H16ClF2N. The van der Waals surface area contributed by atoms with Crippen LogP contribution in [-0.4, -0.2) is 12.1 Å². The number of alkyl halides is 2. The van der Waals surface area contributed by atoms with Crippen molar-refractivity contribution in [3.63, 3.8) is 0 Å². The lowest BCUT2D eigenvalue weighted by Crippen LogP contribution is -1.98. The molecule has 1 nitrogen and oxygen atoms in total. The largest absolute Gasteiger partial charge is 0.280 e. The molecule has 0 aromatic rings. The van der Waals surface area contributed by atoms with Crippen molar-refractivity contribution in [1.29, 1.82) is 0 Å². The van der Waals surface area contributed by atoms with Crippen molar-refractivity contribution in [1.82, 2.24) is 0 Å². The van der Waals surface area contributed by atoms with Gasteiger partial charge in [-0.2, -0.15) is 0 Å². The molecule has 15 heavy (non-hydrogen) atoms. The second-order valence-corrected chi connectivity index (χ2v) is 3.50. The minimum absolute atomic E-state index is 0.274. The Hall–Kier alpha value is -0.700. The van der Waals surface area contributed by atoms with E-state index in [1.165, 1.54) is 6.08 Å². The van der Waals surface area contributed by atoms with Gasteiger partial charge in [-0.1, -0.05) is 31.5 Å². The SMILES string of the molecule is CC/C=C(Cl)/C=C(\N=C(C)CC)C(F)F. The van der Waals surface area contributed by atoms with Gasteiger partial charge in [-0.15, -0.1) is 0 Å². The molecule has 0 spiro atoms. The van der Waals surface area contributed by atoms with Crippen molar-refractivity contribution in [2.24, 2.45) is 4.99 Å². The summed E-state index contributed by atoms with van der Waals surface area (Å²) >= 11 is 5.73. The van der Waals surface area contributed by atoms with E-state index >= 15 is 0 Å². The van der Waals surface area contributed by atoms with Gasteiger partial charge in [0.05, 0.1) is 0 Å². The molecule has 0 N–H and O–H groups in total. The fourth-order valence-corrected chi connectivity index (χ4v) is 1.10. The minimum atomic E-state index is -2.59. The number of hydrogen-bond acceptors (Lipinski definition) is 1. The van der Waals surface area contributed by atoms with Gasteiger partial charge in [0.15, 0.2) is 0 Å². The third-order valence-electron chi connectivity index (χ3n) is 1.74. The van der Waals surface area contributed by atoms with Crippen LogP contribution in [0.2, 0.25) is 0 Å². The van der Waals surface area contributed by atoms with Crippen LogP contribution in [-0.2, 0) is 0 Å². The van der Waals surface area contributed by atoms with E-state index < -0.39 is 6.43 Å². The lowest BCUT2D eigenvalue weighted by Gasteiger charge is -2.02. The lowest BCUT2D eigenvalue weighted by molar-refractivity contribution is 0.188. The molecule has 0 aliphatic carbocycles. The van der Waals surface area contributed by atoms with Gasteiger partial charge in [-0.3, -0.25) is 4.99 Å². The van der Waals surface area contributed by atoms with E-state index in [4.69, 9.17) is 11.6 Å². The van der Waals surface area contributed by atoms with E-state index in [-0.39, 0.29) is 5.70 Å². The van der Waals surface area contributed by atoms with E-state index in [2.05, 4.69) is 4.99 Å². The van der Waals surface area contributed by atoms with Crippen molar-refractivity contribution >= 4 is 17.3 Å². The van der Waals surface area contributed by atoms with E-state index in [1.54, 1.807) is 13.0 Å². The number of nitrogens with zero attached hydrogens (tertiary/aromatic N) is 1. The zero-order valence-corrected chi connectivity index (χ0v) is 9.98. The highest BCUT2D eigenvalue weighted by molar-refractivity contribution is 6.31. The Morgan fingerprint density at radius 1 is 1.40 bits per heavy atom. The maximum Gasteiger partial charge on any atom is 0.280 e. The van der Waals surface area contributed by atoms with E-state index in [0.29, 0.717) is 23.6 Å². The molecule has 0 aromatic heterocycles. The van der Waals surface area contributed by atoms with Gasteiger partial charge in [0, 0.05) is 10.7 Å². The van der Waals surface area contributed by atoms with Crippen LogP contribution in [0, 0.1) is 0 Å². The number of aliphatic imine (C=N–C) groups is 1. The van der Waals surface area contributed by atoms with E-state index in [1.807, 2.05) is 13.8 Å². The van der Waals surface area contributed by atoms with Crippen molar-refractivity contribution in [3.8, 4) is 0 Å². The highest BCUT2D eigenvalue weighted by atomic mass is 35.5. The predicted molar refractivity (Wildman–Crippen MR) is 61.7 cm³/mol. The van der Waals surface area contributed by atoms with Crippen molar-refractivity contribution in [2.45, 2.75) is 40.0 Å². The van der Waals surface area contributed by atoms with Crippen LogP contribution in [0.1, 0.15) is 33.6 Å². The van der Waals surface area contributed by atoms with Gasteiger partial charge in [0.2, 0.25) is 0 Å². The van der Waals surface area contributed by atoms with Crippen LogP contribution in [0.4, 0.5) is 8.78 Å². The fraction of sp³-hybridized carbons (Fsp3) is 0.545. The first-order chi connectivity index (χ1) is 7.01. The second kappa shape index (κ2) is 7.57. The average Bonchev–Trinajstić information content (AvgIpc) is 2.16. The third-order valence-corrected chi connectivity index (χ3v) is 2.00. The van der Waals surface area contributed by atoms with Crippen molar-refractivity contribution < 1.29 is 8.78 Å². The maximum absolute atomic E-state index is 12.5. The Labute approximate surface area is 94.5 Å². The first kappa shape index (κ1) is 14.3. The fourth-order valence-electron chi connectivity index (χ4n) is 0.839. The highest BCUT2D eigenvalue weighted by Gasteiger charge is 2.10. The molecule has 0 atom stereocenters. The van der Waals surface area contributed by atoms with Crippen LogP contribution in [0.3, 0.4) is 0 Å². The Morgan fingerprint density at radius 2 is 2.00 bits per heavy atom. The maximum atomic E-state index is 12.5. The zero-order valence-electron chi connectivity index (χ0n) is 9.23. The standard InChI is InChI=1S/C11H16ClF2N/c1-4-6-9(12)7-10(11(13)14)15-8(3)5-2/h6-7,11H,4-5H2,1-3H3/b9-6-,10-7-,15-8?. The molecule has 0 fully saturated rings. The van der Waals surface area contributed by atoms with Gasteiger partial charge in [-0.25, -0.2) is 8.78 Å². The van der Waals surface area contributed by atoms with Crippen LogP contribution in [0.25, 0.3) is 0 Å². The predicted octanol–water partition coefficient (Wildman–Crippen LogP) is 4.54. The number of allylic oxidation sites excluding steroid dienone is 4. The summed E-state index contributed by atoms with van der Waals surface area (Å²) in [5.74, 6) is 0. The summed E-state index contributed by atoms with van der Waals surface area (Å²) in [7, 11) is 0. The monoisotopic (exact) mass is 235 g/mol. The molecular weight excluding hydrogens is 220 g/mol. The molecule has 0 aliphatic rings. The van der Waals surface area contributed by atoms with Crippen LogP contribution in [0.5, 0.6) is 0 Å². The molecule has 0 amide bonds. The summed E-state index contributed by atoms with van der Waals surface area (Å²) in [4.78, 5) is 3.82. The first-order valence-electron chi connectivity index (χ1n) is 4.90. The molecule has 0 rings (SSSR count). The molecule has 0 saturated carbocycles. The molecule has 0 radical (unpaired) electrons. The topological polar surface area (TPSA) is 12.4 Å². The van der Waals surface area contributed by atoms with Gasteiger partial charge in [0.1, 0.15) is 5.70 Å². The van der Waals surface area contributed by atoms with Gasteiger partial charge in [-0.05, 0) is 25.8 Å². The summed E-state index contributed by atoms with van der Waals surface area (Å²) in [5.41, 5.74) is 0.395. The van der Waals surface area contributed by atoms with Crippen molar-refractivity contribution in [2.75, 3.05) is 0 Å². The van der Waals surface area contributed by atoms with E-state index in [9.17, 15) is 8.78 Å². The second-order valence-electron chi connectivity index (χ2n) is 3.07. The Balaban J connectivity index is 4.90. The van der Waals surface area contributed by atoms with Crippen LogP contribution < -0.4 is 0 Å². The lowest BCUT2D eigenvalue weighted by atomic mass is 10.3. The molecule has 0 aliphatic heterocycles. The molecule has 86 valence electrons. The van der Waals surface area contributed by atoms with Crippen LogP contribution in [0.15, 0.2) is 27.9 Å². The minimum Gasteiger partial charge on any atom is -0.256 e. The van der Waals surface area contributed by atoms with Gasteiger partial charge < -0.3 is 0 Å². The Morgan fingerprint density at radius 3 is 2.40 bits per heavy atom. The molecule has 0 bridgehead atoms.